The van der Waals surface area contributed by atoms with Gasteiger partial charge in [-0.1, -0.05) is 48.0 Å². The highest BCUT2D eigenvalue weighted by Crippen LogP contribution is 2.36. The van der Waals surface area contributed by atoms with Crippen LogP contribution in [0.2, 0.25) is 5.02 Å². The summed E-state index contributed by atoms with van der Waals surface area (Å²) in [6.45, 7) is 0.421. The topological polar surface area (TPSA) is 139 Å². The van der Waals surface area contributed by atoms with Gasteiger partial charge in [0.1, 0.15) is 29.0 Å². The third-order valence-corrected chi connectivity index (χ3v) is 8.60. The maximum absolute atomic E-state index is 14.0. The van der Waals surface area contributed by atoms with Crippen molar-refractivity contribution < 1.29 is 22.7 Å². The van der Waals surface area contributed by atoms with Crippen LogP contribution >= 0.6 is 23.8 Å². The summed E-state index contributed by atoms with van der Waals surface area (Å²) in [6.07, 6.45) is -0.520. The number of nitrogens with zero attached hydrogens (tertiary/aromatic N) is 1. The van der Waals surface area contributed by atoms with Crippen LogP contribution in [0.4, 0.5) is 11.4 Å². The van der Waals surface area contributed by atoms with E-state index < -0.39 is 22.0 Å². The standard InChI is InChI=1S/C27H26ClN5O5S2/c28-17-13-21-23(22(14-17)31-27(39)30-18-7-3-1-4-8-18)32-24(26(29)34)25(21)40(35,36)33-11-12-37-20(15-33)16-38-19-9-5-2-6-10-19/h1-10,13-14,20,32H,11-12,15-16H2,(H2,29,34)(H2,30,31,39)/t20-/m0/s1. The predicted molar refractivity (Wildman–Crippen MR) is 159 cm³/mol. The molecule has 1 aliphatic rings. The van der Waals surface area contributed by atoms with Gasteiger partial charge in [0.25, 0.3) is 5.91 Å². The zero-order valence-electron chi connectivity index (χ0n) is 21.1. The monoisotopic (exact) mass is 599 g/mol. The number of anilines is 2. The van der Waals surface area contributed by atoms with Crippen LogP contribution in [0.1, 0.15) is 10.5 Å². The summed E-state index contributed by atoms with van der Waals surface area (Å²) in [5, 5.41) is 6.76. The number of carbonyl (C=O) groups is 1. The van der Waals surface area contributed by atoms with Crippen molar-refractivity contribution in [1.82, 2.24) is 9.29 Å². The van der Waals surface area contributed by atoms with E-state index in [4.69, 9.17) is 39.0 Å². The Kier molecular flexibility index (Phi) is 8.24. The van der Waals surface area contributed by atoms with Crippen molar-refractivity contribution >= 4 is 67.1 Å². The first-order valence-electron chi connectivity index (χ1n) is 12.3. The van der Waals surface area contributed by atoms with Gasteiger partial charge in [-0.2, -0.15) is 4.31 Å². The van der Waals surface area contributed by atoms with Gasteiger partial charge in [0, 0.05) is 29.2 Å². The van der Waals surface area contributed by atoms with Crippen LogP contribution in [0.5, 0.6) is 5.75 Å². The van der Waals surface area contributed by atoms with Crippen LogP contribution < -0.4 is 21.1 Å². The quantitative estimate of drug-likeness (QED) is 0.221. The second kappa shape index (κ2) is 11.8. The van der Waals surface area contributed by atoms with Crippen LogP contribution in [0.3, 0.4) is 0 Å². The first-order valence-corrected chi connectivity index (χ1v) is 14.5. The highest BCUT2D eigenvalue weighted by atomic mass is 35.5. The summed E-state index contributed by atoms with van der Waals surface area (Å²) in [6, 6.07) is 21.5. The zero-order valence-corrected chi connectivity index (χ0v) is 23.5. The average molecular weight is 600 g/mol. The fourth-order valence-electron chi connectivity index (χ4n) is 4.43. The van der Waals surface area contributed by atoms with Crippen LogP contribution in [0, 0.1) is 0 Å². The van der Waals surface area contributed by atoms with E-state index in [2.05, 4.69) is 15.6 Å². The first-order chi connectivity index (χ1) is 19.2. The summed E-state index contributed by atoms with van der Waals surface area (Å²) >= 11 is 11.8. The van der Waals surface area contributed by atoms with E-state index in [0.29, 0.717) is 17.0 Å². The number of amides is 1. The van der Waals surface area contributed by atoms with Crippen LogP contribution in [0.15, 0.2) is 77.7 Å². The highest BCUT2D eigenvalue weighted by Gasteiger charge is 2.36. The van der Waals surface area contributed by atoms with Crippen molar-refractivity contribution in [2.75, 3.05) is 36.9 Å². The molecular weight excluding hydrogens is 574 g/mol. The Hall–Kier alpha value is -3.68. The molecule has 0 radical (unpaired) electrons. The van der Waals surface area contributed by atoms with Gasteiger partial charge in [0.15, 0.2) is 5.11 Å². The number of thiocarbonyl (C=S) groups is 1. The molecule has 5 rings (SSSR count). The molecule has 2 heterocycles. The van der Waals surface area contributed by atoms with E-state index in [1.807, 2.05) is 48.5 Å². The van der Waals surface area contributed by atoms with Gasteiger partial charge in [-0.3, -0.25) is 4.79 Å². The molecule has 0 saturated carbocycles. The number of ether oxygens (including phenoxy) is 2. The smallest absolute Gasteiger partial charge is 0.266 e. The summed E-state index contributed by atoms with van der Waals surface area (Å²) in [5.74, 6) is -0.285. The lowest BCUT2D eigenvalue weighted by Crippen LogP contribution is -2.47. The number of sulfonamides is 1. The molecule has 10 nitrogen and oxygen atoms in total. The van der Waals surface area contributed by atoms with E-state index in [1.165, 1.54) is 10.4 Å². The Bertz CT molecular complexity index is 1650. The Labute approximate surface area is 241 Å². The van der Waals surface area contributed by atoms with Crippen LogP contribution in [-0.2, 0) is 14.8 Å². The molecular formula is C27H26ClN5O5S2. The molecule has 1 amide bonds. The molecule has 0 bridgehead atoms. The minimum Gasteiger partial charge on any atom is -0.491 e. The SMILES string of the molecule is NC(=O)c1[nH]c2c(NC(=S)Nc3ccccc3)cc(Cl)cc2c1S(=O)(=O)N1CCO[C@H](COc2ccccc2)C1. The molecule has 13 heteroatoms. The molecule has 1 saturated heterocycles. The highest BCUT2D eigenvalue weighted by molar-refractivity contribution is 7.89. The number of hydrogen-bond donors (Lipinski definition) is 4. The van der Waals surface area contributed by atoms with Crippen molar-refractivity contribution in [2.45, 2.75) is 11.0 Å². The van der Waals surface area contributed by atoms with Gasteiger partial charge in [-0.25, -0.2) is 8.42 Å². The van der Waals surface area contributed by atoms with Gasteiger partial charge in [0.2, 0.25) is 10.0 Å². The minimum absolute atomic E-state index is 0.0246. The maximum Gasteiger partial charge on any atom is 0.266 e. The summed E-state index contributed by atoms with van der Waals surface area (Å²) < 4.78 is 40.8. The molecule has 0 unspecified atom stereocenters. The van der Waals surface area contributed by atoms with Crippen molar-refractivity contribution in [3.8, 4) is 5.75 Å². The second-order valence-electron chi connectivity index (χ2n) is 8.99. The molecule has 5 N–H and O–H groups in total. The van der Waals surface area contributed by atoms with Gasteiger partial charge in [0.05, 0.1) is 17.8 Å². The molecule has 1 aromatic heterocycles. The summed E-state index contributed by atoms with van der Waals surface area (Å²) in [5.41, 5.74) is 6.82. The summed E-state index contributed by atoms with van der Waals surface area (Å²) in [7, 11) is -4.22. The maximum atomic E-state index is 14.0. The Morgan fingerprint density at radius 1 is 1.12 bits per heavy atom. The molecule has 40 heavy (non-hydrogen) atoms. The van der Waals surface area contributed by atoms with Gasteiger partial charge < -0.3 is 30.8 Å². The fourth-order valence-corrected chi connectivity index (χ4v) is 6.66. The molecule has 0 spiro atoms. The molecule has 3 aromatic carbocycles. The number of rotatable bonds is 8. The molecule has 1 atom stereocenters. The fraction of sp³-hybridized carbons (Fsp3) is 0.185. The normalized spacial score (nSPS) is 16.0. The average Bonchev–Trinajstić information content (AvgIpc) is 3.34. The number of nitrogens with two attached hydrogens (primary N) is 1. The Balaban J connectivity index is 1.45. The summed E-state index contributed by atoms with van der Waals surface area (Å²) in [4.78, 5) is 15.1. The number of morpholine rings is 1. The number of H-pyrrole nitrogens is 1. The Morgan fingerprint density at radius 3 is 2.52 bits per heavy atom. The van der Waals surface area contributed by atoms with E-state index in [0.717, 1.165) is 5.69 Å². The third-order valence-electron chi connectivity index (χ3n) is 6.23. The number of aromatic nitrogens is 1. The van der Waals surface area contributed by atoms with E-state index in [1.54, 1.807) is 18.2 Å². The molecule has 4 aromatic rings. The number of nitrogens with one attached hydrogen (secondary N) is 3. The molecule has 1 aliphatic heterocycles. The second-order valence-corrected chi connectivity index (χ2v) is 11.7. The van der Waals surface area contributed by atoms with Gasteiger partial charge in [-0.15, -0.1) is 0 Å². The molecule has 208 valence electrons. The number of primary amides is 1. The number of hydrogen-bond acceptors (Lipinski definition) is 6. The number of aromatic amines is 1. The lowest BCUT2D eigenvalue weighted by Gasteiger charge is -2.32. The van der Waals surface area contributed by atoms with Gasteiger partial charge >= 0.3 is 0 Å². The largest absolute Gasteiger partial charge is 0.491 e. The third kappa shape index (κ3) is 6.06. The lowest BCUT2D eigenvalue weighted by atomic mass is 10.2. The number of halogens is 1. The number of benzene rings is 3. The minimum atomic E-state index is -4.22. The van der Waals surface area contributed by atoms with E-state index in [9.17, 15) is 13.2 Å². The zero-order chi connectivity index (χ0) is 28.3. The van der Waals surface area contributed by atoms with E-state index >= 15 is 0 Å². The van der Waals surface area contributed by atoms with Crippen LogP contribution in [0.25, 0.3) is 10.9 Å². The number of fused-ring (bicyclic) bond motifs is 1. The van der Waals surface area contributed by atoms with Gasteiger partial charge in [-0.05, 0) is 48.6 Å². The van der Waals surface area contributed by atoms with Crippen molar-refractivity contribution in [1.29, 1.82) is 0 Å². The molecule has 0 aliphatic carbocycles. The predicted octanol–water partition coefficient (Wildman–Crippen LogP) is 4.20. The lowest BCUT2D eigenvalue weighted by molar-refractivity contribution is -0.0249. The van der Waals surface area contributed by atoms with Crippen molar-refractivity contribution in [3.05, 3.63) is 83.5 Å². The number of carbonyl (C=O) groups excluding carboxylic acids is 1. The molecule has 1 fully saturated rings. The Morgan fingerprint density at radius 2 is 1.82 bits per heavy atom. The van der Waals surface area contributed by atoms with Crippen LogP contribution in [-0.4, -0.2) is 61.1 Å². The van der Waals surface area contributed by atoms with Crippen molar-refractivity contribution in [3.63, 3.8) is 0 Å². The van der Waals surface area contributed by atoms with Crippen molar-refractivity contribution in [2.24, 2.45) is 5.73 Å². The first kappa shape index (κ1) is 27.9. The number of para-hydroxylation sites is 2. The van der Waals surface area contributed by atoms with E-state index in [-0.39, 0.29) is 52.4 Å².